The van der Waals surface area contributed by atoms with Crippen molar-refractivity contribution in [3.8, 4) is 11.5 Å². The van der Waals surface area contributed by atoms with E-state index in [1.165, 1.54) is 6.21 Å². The molecule has 1 amide bonds. The number of aromatic nitrogens is 1. The SMILES string of the molecule is COc1cc(OC)c(/C=N/NC(=O)c2cc(C)nc3ccccc23)cc1Br. The molecule has 138 valence electrons. The molecular formula is C20H18BrN3O3. The van der Waals surface area contributed by atoms with Crippen molar-refractivity contribution in [3.63, 3.8) is 0 Å². The van der Waals surface area contributed by atoms with E-state index in [-0.39, 0.29) is 5.91 Å². The highest BCUT2D eigenvalue weighted by Crippen LogP contribution is 2.31. The van der Waals surface area contributed by atoms with Gasteiger partial charge in [0.05, 0.1) is 36.0 Å². The van der Waals surface area contributed by atoms with Crippen molar-refractivity contribution in [2.24, 2.45) is 5.10 Å². The first-order valence-corrected chi connectivity index (χ1v) is 8.94. The molecule has 7 heteroatoms. The van der Waals surface area contributed by atoms with Crippen molar-refractivity contribution in [2.75, 3.05) is 14.2 Å². The van der Waals surface area contributed by atoms with Gasteiger partial charge in [0, 0.05) is 22.7 Å². The molecule has 0 saturated heterocycles. The average molecular weight is 428 g/mol. The van der Waals surface area contributed by atoms with Crippen LogP contribution in [0.1, 0.15) is 21.6 Å². The fourth-order valence-electron chi connectivity index (χ4n) is 2.70. The number of hydrazone groups is 1. The summed E-state index contributed by atoms with van der Waals surface area (Å²) in [7, 11) is 3.14. The summed E-state index contributed by atoms with van der Waals surface area (Å²) >= 11 is 3.43. The van der Waals surface area contributed by atoms with Gasteiger partial charge in [-0.05, 0) is 41.1 Å². The molecule has 27 heavy (non-hydrogen) atoms. The first kappa shape index (κ1) is 18.8. The van der Waals surface area contributed by atoms with Crippen LogP contribution in [0.4, 0.5) is 0 Å². The number of carbonyl (C=O) groups is 1. The van der Waals surface area contributed by atoms with Gasteiger partial charge in [0.1, 0.15) is 11.5 Å². The number of para-hydroxylation sites is 1. The van der Waals surface area contributed by atoms with Crippen LogP contribution >= 0.6 is 15.9 Å². The van der Waals surface area contributed by atoms with Crippen molar-refractivity contribution < 1.29 is 14.3 Å². The predicted molar refractivity (Wildman–Crippen MR) is 109 cm³/mol. The van der Waals surface area contributed by atoms with E-state index in [4.69, 9.17) is 9.47 Å². The largest absolute Gasteiger partial charge is 0.496 e. The quantitative estimate of drug-likeness (QED) is 0.491. The summed E-state index contributed by atoms with van der Waals surface area (Å²) in [5.74, 6) is 0.921. The Hall–Kier alpha value is -2.93. The van der Waals surface area contributed by atoms with Gasteiger partial charge >= 0.3 is 0 Å². The average Bonchev–Trinajstić information content (AvgIpc) is 2.67. The molecular weight excluding hydrogens is 410 g/mol. The van der Waals surface area contributed by atoms with Gasteiger partial charge < -0.3 is 9.47 Å². The van der Waals surface area contributed by atoms with Crippen LogP contribution in [-0.4, -0.2) is 31.3 Å². The molecule has 0 aliphatic heterocycles. The molecule has 1 aromatic heterocycles. The van der Waals surface area contributed by atoms with Crippen molar-refractivity contribution in [1.82, 2.24) is 10.4 Å². The number of carbonyl (C=O) groups excluding carboxylic acids is 1. The summed E-state index contributed by atoms with van der Waals surface area (Å²) in [6.07, 6.45) is 1.52. The molecule has 3 rings (SSSR count). The van der Waals surface area contributed by atoms with Gasteiger partial charge in [-0.3, -0.25) is 9.78 Å². The molecule has 0 bridgehead atoms. The van der Waals surface area contributed by atoms with E-state index >= 15 is 0 Å². The third-order valence-electron chi connectivity index (χ3n) is 3.96. The highest BCUT2D eigenvalue weighted by molar-refractivity contribution is 9.10. The smallest absolute Gasteiger partial charge is 0.272 e. The lowest BCUT2D eigenvalue weighted by Gasteiger charge is -2.09. The zero-order chi connectivity index (χ0) is 19.4. The van der Waals surface area contributed by atoms with Crippen molar-refractivity contribution in [1.29, 1.82) is 0 Å². The maximum Gasteiger partial charge on any atom is 0.272 e. The third kappa shape index (κ3) is 4.09. The van der Waals surface area contributed by atoms with Crippen molar-refractivity contribution in [3.05, 3.63) is 63.8 Å². The van der Waals surface area contributed by atoms with Crippen molar-refractivity contribution >= 4 is 39.0 Å². The fraction of sp³-hybridized carbons (Fsp3) is 0.150. The van der Waals surface area contributed by atoms with Gasteiger partial charge in [0.15, 0.2) is 0 Å². The van der Waals surface area contributed by atoms with Crippen LogP contribution in [0.3, 0.4) is 0 Å². The molecule has 0 saturated carbocycles. The standard InChI is InChI=1S/C20H18BrN3O3/c1-12-8-15(14-6-4-5-7-17(14)23-12)20(25)24-22-11-13-9-16(21)19(27-3)10-18(13)26-2/h4-11H,1-3H3,(H,24,25)/b22-11+. The van der Waals surface area contributed by atoms with E-state index < -0.39 is 0 Å². The highest BCUT2D eigenvalue weighted by atomic mass is 79.9. The molecule has 2 aromatic carbocycles. The summed E-state index contributed by atoms with van der Waals surface area (Å²) in [6.45, 7) is 1.85. The molecule has 0 atom stereocenters. The number of hydrogen-bond donors (Lipinski definition) is 1. The number of aryl methyl sites for hydroxylation is 1. The van der Waals surface area contributed by atoms with Gasteiger partial charge in [-0.25, -0.2) is 5.43 Å². The van der Waals surface area contributed by atoms with Crippen LogP contribution in [0.5, 0.6) is 11.5 Å². The molecule has 3 aromatic rings. The molecule has 6 nitrogen and oxygen atoms in total. The molecule has 0 radical (unpaired) electrons. The third-order valence-corrected chi connectivity index (χ3v) is 4.58. The number of methoxy groups -OCH3 is 2. The van der Waals surface area contributed by atoms with Gasteiger partial charge in [0.2, 0.25) is 0 Å². The topological polar surface area (TPSA) is 72.8 Å². The minimum Gasteiger partial charge on any atom is -0.496 e. The summed E-state index contributed by atoms with van der Waals surface area (Å²) in [5, 5.41) is 4.85. The number of nitrogens with zero attached hydrogens (tertiary/aromatic N) is 2. The van der Waals surface area contributed by atoms with Crippen molar-refractivity contribution in [2.45, 2.75) is 6.92 Å². The number of benzene rings is 2. The summed E-state index contributed by atoms with van der Waals surface area (Å²) < 4.78 is 11.4. The summed E-state index contributed by atoms with van der Waals surface area (Å²) in [6, 6.07) is 12.8. The van der Waals surface area contributed by atoms with E-state index in [1.807, 2.05) is 31.2 Å². The number of fused-ring (bicyclic) bond motifs is 1. The predicted octanol–water partition coefficient (Wildman–Crippen LogP) is 4.09. The summed E-state index contributed by atoms with van der Waals surface area (Å²) in [5.41, 5.74) is 5.33. The van der Waals surface area contributed by atoms with E-state index in [1.54, 1.807) is 32.4 Å². The lowest BCUT2D eigenvalue weighted by atomic mass is 10.1. The maximum absolute atomic E-state index is 12.6. The second-order valence-electron chi connectivity index (χ2n) is 5.76. The van der Waals surface area contributed by atoms with E-state index in [9.17, 15) is 4.79 Å². The Bertz CT molecular complexity index is 1030. The zero-order valence-corrected chi connectivity index (χ0v) is 16.7. The minimum absolute atomic E-state index is 0.306. The molecule has 0 aliphatic carbocycles. The first-order chi connectivity index (χ1) is 13.0. The van der Waals surface area contributed by atoms with Gasteiger partial charge in [0.25, 0.3) is 5.91 Å². The first-order valence-electron chi connectivity index (χ1n) is 8.14. The fourth-order valence-corrected chi connectivity index (χ4v) is 3.22. The number of nitrogens with one attached hydrogen (secondary N) is 1. The number of ether oxygens (including phenoxy) is 2. The van der Waals surface area contributed by atoms with Gasteiger partial charge in [-0.2, -0.15) is 5.10 Å². The molecule has 1 heterocycles. The van der Waals surface area contributed by atoms with Crippen LogP contribution in [0.25, 0.3) is 10.9 Å². The lowest BCUT2D eigenvalue weighted by molar-refractivity contribution is 0.0956. The number of rotatable bonds is 5. The minimum atomic E-state index is -0.306. The Labute approximate surface area is 165 Å². The number of amides is 1. The normalized spacial score (nSPS) is 11.0. The molecule has 0 aliphatic rings. The van der Waals surface area contributed by atoms with Crippen LogP contribution < -0.4 is 14.9 Å². The Balaban J connectivity index is 1.85. The Morgan fingerprint density at radius 3 is 2.63 bits per heavy atom. The van der Waals surface area contributed by atoms with Crippen LogP contribution in [-0.2, 0) is 0 Å². The highest BCUT2D eigenvalue weighted by Gasteiger charge is 2.12. The van der Waals surface area contributed by atoms with E-state index in [2.05, 4.69) is 31.4 Å². The number of halogens is 1. The molecule has 0 fully saturated rings. The Morgan fingerprint density at radius 1 is 1.15 bits per heavy atom. The lowest BCUT2D eigenvalue weighted by Crippen LogP contribution is -2.18. The molecule has 0 unspecified atom stereocenters. The van der Waals surface area contributed by atoms with E-state index in [0.717, 1.165) is 21.1 Å². The van der Waals surface area contributed by atoms with E-state index in [0.29, 0.717) is 22.6 Å². The maximum atomic E-state index is 12.6. The second kappa shape index (κ2) is 8.18. The Kier molecular flexibility index (Phi) is 5.71. The number of pyridine rings is 1. The van der Waals surface area contributed by atoms with Crippen LogP contribution in [0.15, 0.2) is 52.0 Å². The molecule has 1 N–H and O–H groups in total. The Morgan fingerprint density at radius 2 is 1.89 bits per heavy atom. The van der Waals surface area contributed by atoms with Crippen LogP contribution in [0, 0.1) is 6.92 Å². The monoisotopic (exact) mass is 427 g/mol. The molecule has 0 spiro atoms. The van der Waals surface area contributed by atoms with Gasteiger partial charge in [-0.15, -0.1) is 0 Å². The van der Waals surface area contributed by atoms with Gasteiger partial charge in [-0.1, -0.05) is 18.2 Å². The zero-order valence-electron chi connectivity index (χ0n) is 15.1. The van der Waals surface area contributed by atoms with Crippen LogP contribution in [0.2, 0.25) is 0 Å². The summed E-state index contributed by atoms with van der Waals surface area (Å²) in [4.78, 5) is 17.1. The number of hydrogen-bond acceptors (Lipinski definition) is 5. The second-order valence-corrected chi connectivity index (χ2v) is 6.61.